The molecule has 0 spiro atoms. The number of benzene rings is 1. The van der Waals surface area contributed by atoms with Crippen LogP contribution in [0.4, 0.5) is 0 Å². The summed E-state index contributed by atoms with van der Waals surface area (Å²) in [5.41, 5.74) is 5.38. The van der Waals surface area contributed by atoms with Crippen LogP contribution >= 0.6 is 12.4 Å². The van der Waals surface area contributed by atoms with Gasteiger partial charge in [-0.1, -0.05) is 6.92 Å². The van der Waals surface area contributed by atoms with E-state index in [1.807, 2.05) is 0 Å². The number of nitrogens with two attached hydrogens (primary N) is 1. The molecule has 6 nitrogen and oxygen atoms in total. The molecule has 1 aromatic carbocycles. The van der Waals surface area contributed by atoms with Gasteiger partial charge in [0.25, 0.3) is 0 Å². The third-order valence-corrected chi connectivity index (χ3v) is 3.85. The van der Waals surface area contributed by atoms with Gasteiger partial charge in [0.2, 0.25) is 5.91 Å². The van der Waals surface area contributed by atoms with Gasteiger partial charge in [0.05, 0.1) is 11.4 Å². The van der Waals surface area contributed by atoms with Gasteiger partial charge in [-0.2, -0.15) is 0 Å². The highest BCUT2D eigenvalue weighted by molar-refractivity contribution is 7.90. The fourth-order valence-corrected chi connectivity index (χ4v) is 2.04. The van der Waals surface area contributed by atoms with E-state index < -0.39 is 9.84 Å². The number of hydrogen-bond acceptors (Lipinski definition) is 5. The molecule has 0 aliphatic rings. The maximum absolute atomic E-state index is 11.4. The Kier molecular flexibility index (Phi) is 8.31. The molecule has 1 atom stereocenters. The minimum Gasteiger partial charge on any atom is -0.492 e. The first-order valence-electron chi connectivity index (χ1n) is 6.25. The van der Waals surface area contributed by atoms with Gasteiger partial charge in [0, 0.05) is 18.7 Å². The monoisotopic (exact) mass is 336 g/mol. The van der Waals surface area contributed by atoms with E-state index in [-0.39, 0.29) is 29.1 Å². The topological polar surface area (TPSA) is 98.5 Å². The van der Waals surface area contributed by atoms with Crippen molar-refractivity contribution in [1.29, 1.82) is 0 Å². The molecule has 3 N–H and O–H groups in total. The predicted octanol–water partition coefficient (Wildman–Crippen LogP) is 0.602. The Bertz CT molecular complexity index is 546. The maximum Gasteiger partial charge on any atom is 0.224 e. The summed E-state index contributed by atoms with van der Waals surface area (Å²) < 4.78 is 27.9. The lowest BCUT2D eigenvalue weighted by Crippen LogP contribution is -2.35. The van der Waals surface area contributed by atoms with Crippen LogP contribution in [-0.2, 0) is 14.6 Å². The molecule has 1 unspecified atom stereocenters. The molecule has 8 heteroatoms. The summed E-state index contributed by atoms with van der Waals surface area (Å²) in [5.74, 6) is 0.228. The molecule has 1 rings (SSSR count). The Morgan fingerprint density at radius 1 is 1.33 bits per heavy atom. The normalized spacial score (nSPS) is 12.1. The van der Waals surface area contributed by atoms with E-state index in [2.05, 4.69) is 5.32 Å². The van der Waals surface area contributed by atoms with Crippen LogP contribution in [0, 0.1) is 5.92 Å². The third-order valence-electron chi connectivity index (χ3n) is 2.72. The molecular formula is C13H21ClN2O4S. The molecule has 0 saturated carbocycles. The van der Waals surface area contributed by atoms with Crippen molar-refractivity contribution in [2.75, 3.05) is 26.0 Å². The number of amides is 1. The van der Waals surface area contributed by atoms with Gasteiger partial charge in [-0.15, -0.1) is 12.4 Å². The highest BCUT2D eigenvalue weighted by Crippen LogP contribution is 2.15. The number of nitrogens with one attached hydrogen (secondary N) is 1. The van der Waals surface area contributed by atoms with E-state index in [4.69, 9.17) is 10.5 Å². The van der Waals surface area contributed by atoms with Crippen LogP contribution in [0.1, 0.15) is 6.92 Å². The molecule has 1 aromatic rings. The molecule has 21 heavy (non-hydrogen) atoms. The maximum atomic E-state index is 11.4. The van der Waals surface area contributed by atoms with Crippen molar-refractivity contribution in [1.82, 2.24) is 5.32 Å². The average Bonchev–Trinajstić information content (AvgIpc) is 2.42. The molecule has 0 fully saturated rings. The zero-order valence-electron chi connectivity index (χ0n) is 12.0. The number of sulfone groups is 1. The summed E-state index contributed by atoms with van der Waals surface area (Å²) >= 11 is 0. The van der Waals surface area contributed by atoms with E-state index in [9.17, 15) is 13.2 Å². The zero-order chi connectivity index (χ0) is 15.2. The van der Waals surface area contributed by atoms with Gasteiger partial charge in [0.15, 0.2) is 9.84 Å². The minimum atomic E-state index is -3.19. The van der Waals surface area contributed by atoms with E-state index >= 15 is 0 Å². The van der Waals surface area contributed by atoms with E-state index in [0.29, 0.717) is 25.4 Å². The lowest BCUT2D eigenvalue weighted by Gasteiger charge is -2.11. The molecule has 120 valence electrons. The molecular weight excluding hydrogens is 316 g/mol. The van der Waals surface area contributed by atoms with Gasteiger partial charge >= 0.3 is 0 Å². The largest absolute Gasteiger partial charge is 0.492 e. The standard InChI is InChI=1S/C13H20N2O4S.ClH/c1-10(9-14)13(16)15-7-8-19-11-3-5-12(6-4-11)20(2,17)18;/h3-6,10H,7-9,14H2,1-2H3,(H,15,16);1H. The van der Waals surface area contributed by atoms with Crippen LogP contribution in [0.5, 0.6) is 5.75 Å². The third kappa shape index (κ3) is 6.79. The Morgan fingerprint density at radius 2 is 1.90 bits per heavy atom. The summed E-state index contributed by atoms with van der Waals surface area (Å²) in [6, 6.07) is 6.14. The molecule has 0 bridgehead atoms. The minimum absolute atomic E-state index is 0. The number of ether oxygens (including phenoxy) is 1. The first-order valence-corrected chi connectivity index (χ1v) is 8.14. The van der Waals surface area contributed by atoms with Crippen molar-refractivity contribution in [2.45, 2.75) is 11.8 Å². The second-order valence-corrected chi connectivity index (χ2v) is 6.54. The lowest BCUT2D eigenvalue weighted by atomic mass is 10.2. The fraction of sp³-hybridized carbons (Fsp3) is 0.462. The van der Waals surface area contributed by atoms with Gasteiger partial charge in [-0.3, -0.25) is 4.79 Å². The Hall–Kier alpha value is -1.31. The number of carbonyl (C=O) groups is 1. The van der Waals surface area contributed by atoms with Crippen molar-refractivity contribution in [3.05, 3.63) is 24.3 Å². The number of rotatable bonds is 7. The Labute approximate surface area is 131 Å². The van der Waals surface area contributed by atoms with Crippen LogP contribution < -0.4 is 15.8 Å². The number of halogens is 1. The van der Waals surface area contributed by atoms with Crippen LogP contribution in [0.3, 0.4) is 0 Å². The van der Waals surface area contributed by atoms with E-state index in [0.717, 1.165) is 6.26 Å². The number of hydrogen-bond donors (Lipinski definition) is 2. The first-order chi connectivity index (χ1) is 9.34. The quantitative estimate of drug-likeness (QED) is 0.710. The zero-order valence-corrected chi connectivity index (χ0v) is 13.7. The van der Waals surface area contributed by atoms with Crippen LogP contribution in [0.25, 0.3) is 0 Å². The molecule has 0 radical (unpaired) electrons. The van der Waals surface area contributed by atoms with Gasteiger partial charge < -0.3 is 15.8 Å². The van der Waals surface area contributed by atoms with Crippen LogP contribution in [0.2, 0.25) is 0 Å². The van der Waals surface area contributed by atoms with Gasteiger partial charge in [0.1, 0.15) is 12.4 Å². The summed E-state index contributed by atoms with van der Waals surface area (Å²) in [6.07, 6.45) is 1.15. The molecule has 0 aliphatic carbocycles. The van der Waals surface area contributed by atoms with Gasteiger partial charge in [-0.25, -0.2) is 8.42 Å². The molecule has 0 aliphatic heterocycles. The summed E-state index contributed by atoms with van der Waals surface area (Å²) in [4.78, 5) is 11.7. The predicted molar refractivity (Wildman–Crippen MR) is 83.5 cm³/mol. The summed E-state index contributed by atoms with van der Waals surface area (Å²) in [7, 11) is -3.19. The van der Waals surface area contributed by atoms with Crippen molar-refractivity contribution >= 4 is 28.2 Å². The molecule has 1 amide bonds. The Morgan fingerprint density at radius 3 is 2.38 bits per heavy atom. The summed E-state index contributed by atoms with van der Waals surface area (Å²) in [6.45, 7) is 2.73. The average molecular weight is 337 g/mol. The van der Waals surface area contributed by atoms with E-state index in [1.54, 1.807) is 19.1 Å². The molecule has 0 aromatic heterocycles. The highest BCUT2D eigenvalue weighted by atomic mass is 35.5. The van der Waals surface area contributed by atoms with Crippen LogP contribution in [0.15, 0.2) is 29.2 Å². The first kappa shape index (κ1) is 19.7. The van der Waals surface area contributed by atoms with Crippen molar-refractivity contribution < 1.29 is 17.9 Å². The second kappa shape index (κ2) is 8.86. The fourth-order valence-electron chi connectivity index (χ4n) is 1.41. The molecule has 0 saturated heterocycles. The SMILES string of the molecule is CC(CN)C(=O)NCCOc1ccc(S(C)(=O)=O)cc1.Cl. The van der Waals surface area contributed by atoms with Crippen molar-refractivity contribution in [3.8, 4) is 5.75 Å². The van der Waals surface area contributed by atoms with E-state index in [1.165, 1.54) is 12.1 Å². The molecule has 0 heterocycles. The van der Waals surface area contributed by atoms with Crippen LogP contribution in [-0.4, -0.2) is 40.3 Å². The lowest BCUT2D eigenvalue weighted by molar-refractivity contribution is -0.124. The van der Waals surface area contributed by atoms with Gasteiger partial charge in [-0.05, 0) is 24.3 Å². The Balaban J connectivity index is 0.00000400. The summed E-state index contributed by atoms with van der Waals surface area (Å²) in [5, 5.41) is 2.70. The second-order valence-electron chi connectivity index (χ2n) is 4.52. The smallest absolute Gasteiger partial charge is 0.224 e. The highest BCUT2D eigenvalue weighted by Gasteiger charge is 2.09. The van der Waals surface area contributed by atoms with Crippen molar-refractivity contribution in [3.63, 3.8) is 0 Å². The number of carbonyl (C=O) groups excluding carboxylic acids is 1. The van der Waals surface area contributed by atoms with Crippen molar-refractivity contribution in [2.24, 2.45) is 11.7 Å².